The molecule has 0 spiro atoms. The van der Waals surface area contributed by atoms with Gasteiger partial charge in [0.15, 0.2) is 0 Å². The molecular weight excluding hydrogens is 320 g/mol. The Bertz CT molecular complexity index is 687. The second-order valence-corrected chi connectivity index (χ2v) is 6.68. The van der Waals surface area contributed by atoms with Crippen LogP contribution in [-0.2, 0) is 16.1 Å². The van der Waals surface area contributed by atoms with E-state index in [9.17, 15) is 9.59 Å². The van der Waals surface area contributed by atoms with Gasteiger partial charge in [-0.2, -0.15) is 0 Å². The largest absolute Gasteiger partial charge is 0.445 e. The molecule has 0 aromatic heterocycles. The first-order valence-electron chi connectivity index (χ1n) is 8.48. The molecule has 0 bridgehead atoms. The Morgan fingerprint density at radius 1 is 1.28 bits per heavy atom. The van der Waals surface area contributed by atoms with Crippen molar-refractivity contribution >= 4 is 12.0 Å². The third-order valence-electron chi connectivity index (χ3n) is 4.61. The van der Waals surface area contributed by atoms with Crippen molar-refractivity contribution in [3.63, 3.8) is 0 Å². The summed E-state index contributed by atoms with van der Waals surface area (Å²) in [6, 6.07) is 8.45. The van der Waals surface area contributed by atoms with Gasteiger partial charge in [0.25, 0.3) is 0 Å². The van der Waals surface area contributed by atoms with Crippen LogP contribution in [-0.4, -0.2) is 35.7 Å². The van der Waals surface area contributed by atoms with Crippen LogP contribution < -0.4 is 16.4 Å². The van der Waals surface area contributed by atoms with Crippen molar-refractivity contribution in [3.8, 4) is 0 Å². The number of ether oxygens (including phenoxy) is 1. The molecule has 2 unspecified atom stereocenters. The lowest BCUT2D eigenvalue weighted by Gasteiger charge is -2.42. The van der Waals surface area contributed by atoms with E-state index in [2.05, 4.69) is 10.6 Å². The van der Waals surface area contributed by atoms with Gasteiger partial charge in [-0.25, -0.2) is 4.79 Å². The van der Waals surface area contributed by atoms with Gasteiger partial charge < -0.3 is 21.1 Å². The van der Waals surface area contributed by atoms with E-state index in [0.717, 1.165) is 17.0 Å². The summed E-state index contributed by atoms with van der Waals surface area (Å²) in [6.07, 6.45) is -0.145. The third kappa shape index (κ3) is 3.40. The lowest BCUT2D eigenvalue weighted by atomic mass is 9.90. The Hall–Kier alpha value is -2.70. The molecule has 25 heavy (non-hydrogen) atoms. The highest BCUT2D eigenvalue weighted by molar-refractivity contribution is 5.85. The zero-order chi connectivity index (χ0) is 18.0. The summed E-state index contributed by atoms with van der Waals surface area (Å²) >= 11 is 0. The van der Waals surface area contributed by atoms with Gasteiger partial charge >= 0.3 is 6.09 Å². The van der Waals surface area contributed by atoms with Crippen molar-refractivity contribution in [1.29, 1.82) is 0 Å². The topological polar surface area (TPSA) is 96.7 Å². The van der Waals surface area contributed by atoms with Gasteiger partial charge in [-0.15, -0.1) is 0 Å². The Balaban J connectivity index is 1.84. The first-order valence-corrected chi connectivity index (χ1v) is 8.48. The maximum absolute atomic E-state index is 12.8. The van der Waals surface area contributed by atoms with Crippen molar-refractivity contribution in [3.05, 3.63) is 47.3 Å². The van der Waals surface area contributed by atoms with E-state index in [0.29, 0.717) is 13.1 Å². The summed E-state index contributed by atoms with van der Waals surface area (Å²) in [6.45, 7) is 4.77. The first kappa shape index (κ1) is 17.1. The molecule has 4 N–H and O–H groups in total. The predicted octanol–water partition coefficient (Wildman–Crippen LogP) is 1.27. The van der Waals surface area contributed by atoms with Crippen LogP contribution in [0.2, 0.25) is 0 Å². The Labute approximate surface area is 147 Å². The van der Waals surface area contributed by atoms with Gasteiger partial charge in [0, 0.05) is 12.1 Å². The number of hydrogen-bond acceptors (Lipinski definition) is 5. The van der Waals surface area contributed by atoms with Gasteiger partial charge in [0.2, 0.25) is 5.91 Å². The van der Waals surface area contributed by atoms with Gasteiger partial charge in [-0.3, -0.25) is 9.69 Å². The summed E-state index contributed by atoms with van der Waals surface area (Å²) < 4.78 is 5.49. The third-order valence-corrected chi connectivity index (χ3v) is 4.61. The monoisotopic (exact) mass is 344 g/mol. The van der Waals surface area contributed by atoms with Crippen LogP contribution in [0.4, 0.5) is 4.79 Å². The molecule has 0 saturated carbocycles. The highest BCUT2D eigenvalue weighted by atomic mass is 16.6. The number of nitrogens with zero attached hydrogens (tertiary/aromatic N) is 1. The Kier molecular flexibility index (Phi) is 4.83. The maximum atomic E-state index is 12.8. The molecule has 0 saturated heterocycles. The van der Waals surface area contributed by atoms with E-state index in [1.54, 1.807) is 0 Å². The van der Waals surface area contributed by atoms with Gasteiger partial charge in [0.05, 0.1) is 18.4 Å². The fraction of sp³-hybridized carbons (Fsp3) is 0.444. The lowest BCUT2D eigenvalue weighted by Crippen LogP contribution is -2.58. The average Bonchev–Trinajstić information content (AvgIpc) is 3.06. The molecule has 7 nitrogen and oxygen atoms in total. The fourth-order valence-electron chi connectivity index (χ4n) is 3.46. The van der Waals surface area contributed by atoms with Crippen LogP contribution in [0.25, 0.3) is 0 Å². The van der Waals surface area contributed by atoms with E-state index in [-0.39, 0.29) is 18.6 Å². The molecule has 2 aliphatic rings. The van der Waals surface area contributed by atoms with Crippen LogP contribution >= 0.6 is 0 Å². The summed E-state index contributed by atoms with van der Waals surface area (Å²) in [5.41, 5.74) is 8.38. The zero-order valence-electron chi connectivity index (χ0n) is 14.5. The normalized spacial score (nSPS) is 22.3. The summed E-state index contributed by atoms with van der Waals surface area (Å²) in [7, 11) is 0. The van der Waals surface area contributed by atoms with Crippen LogP contribution in [0.15, 0.2) is 41.7 Å². The predicted molar refractivity (Wildman–Crippen MR) is 92.9 cm³/mol. The second-order valence-electron chi connectivity index (χ2n) is 6.68. The lowest BCUT2D eigenvalue weighted by molar-refractivity contribution is -0.124. The highest BCUT2D eigenvalue weighted by Crippen LogP contribution is 2.32. The van der Waals surface area contributed by atoms with Crippen LogP contribution in [0.1, 0.15) is 25.8 Å². The van der Waals surface area contributed by atoms with Gasteiger partial charge in [-0.1, -0.05) is 44.2 Å². The minimum absolute atomic E-state index is 0.101. The minimum Gasteiger partial charge on any atom is -0.445 e. The van der Waals surface area contributed by atoms with E-state index < -0.39 is 18.0 Å². The van der Waals surface area contributed by atoms with Crippen LogP contribution in [0.5, 0.6) is 0 Å². The molecule has 0 radical (unpaired) electrons. The van der Waals surface area contributed by atoms with Crippen molar-refractivity contribution in [1.82, 2.24) is 15.5 Å². The van der Waals surface area contributed by atoms with Crippen molar-refractivity contribution < 1.29 is 14.3 Å². The molecule has 3 rings (SSSR count). The standard InChI is InChI=1S/C18H24N4O3/c1-11(2)16-15-13(20-10-21-15)8-14(17(19)23)22(16)18(24)25-9-12-6-4-3-5-7-12/h3-7,11,14,16,20-21H,8-10H2,1-2H3,(H2,19,23). The van der Waals surface area contributed by atoms with E-state index in [1.165, 1.54) is 4.90 Å². The molecule has 2 atom stereocenters. The SMILES string of the molecule is CC(C)C1C2=C(CC(C(N)=O)N1C(=O)OCc1ccccc1)NCN2. The van der Waals surface area contributed by atoms with Crippen molar-refractivity contribution in [2.24, 2.45) is 11.7 Å². The number of nitrogens with two attached hydrogens (primary N) is 1. The number of carbonyl (C=O) groups is 2. The number of nitrogens with one attached hydrogen (secondary N) is 2. The van der Waals surface area contributed by atoms with Crippen LogP contribution in [0, 0.1) is 5.92 Å². The molecule has 1 aromatic rings. The van der Waals surface area contributed by atoms with E-state index in [4.69, 9.17) is 10.5 Å². The summed E-state index contributed by atoms with van der Waals surface area (Å²) in [5.74, 6) is -0.425. The zero-order valence-corrected chi connectivity index (χ0v) is 14.5. The van der Waals surface area contributed by atoms with Crippen LogP contribution in [0.3, 0.4) is 0 Å². The molecule has 2 aliphatic heterocycles. The van der Waals surface area contributed by atoms with E-state index >= 15 is 0 Å². The molecular formula is C18H24N4O3. The number of amides is 2. The molecule has 7 heteroatoms. The van der Waals surface area contributed by atoms with Crippen molar-refractivity contribution in [2.45, 2.75) is 39.0 Å². The molecule has 0 aliphatic carbocycles. The molecule has 1 aromatic carbocycles. The van der Waals surface area contributed by atoms with Crippen molar-refractivity contribution in [2.75, 3.05) is 6.67 Å². The molecule has 0 fully saturated rings. The number of hydrogen-bond donors (Lipinski definition) is 3. The molecule has 2 amide bonds. The quantitative estimate of drug-likeness (QED) is 0.764. The Morgan fingerprint density at radius 3 is 2.64 bits per heavy atom. The number of rotatable bonds is 4. The number of primary amides is 1. The first-order chi connectivity index (χ1) is 12.0. The molecule has 134 valence electrons. The Morgan fingerprint density at radius 2 is 2.00 bits per heavy atom. The number of carbonyl (C=O) groups excluding carboxylic acids is 2. The van der Waals surface area contributed by atoms with Gasteiger partial charge in [0.1, 0.15) is 12.6 Å². The maximum Gasteiger partial charge on any atom is 0.411 e. The smallest absolute Gasteiger partial charge is 0.411 e. The number of benzene rings is 1. The fourth-order valence-corrected chi connectivity index (χ4v) is 3.46. The highest BCUT2D eigenvalue weighted by Gasteiger charge is 2.45. The average molecular weight is 344 g/mol. The summed E-state index contributed by atoms with van der Waals surface area (Å²) in [5, 5.41) is 6.50. The van der Waals surface area contributed by atoms with E-state index in [1.807, 2.05) is 44.2 Å². The van der Waals surface area contributed by atoms with Gasteiger partial charge in [-0.05, 0) is 11.5 Å². The molecule has 2 heterocycles. The minimum atomic E-state index is -0.721. The summed E-state index contributed by atoms with van der Waals surface area (Å²) in [4.78, 5) is 26.3. The second kappa shape index (κ2) is 7.04.